The molecule has 3 rings (SSSR count). The van der Waals surface area contributed by atoms with E-state index in [0.29, 0.717) is 11.3 Å². The molecule has 1 N–H and O–H groups in total. The Labute approximate surface area is 182 Å². The average Bonchev–Trinajstić information content (AvgIpc) is 2.99. The monoisotopic (exact) mass is 439 g/mol. The summed E-state index contributed by atoms with van der Waals surface area (Å²) in [4.78, 5) is 50.7. The van der Waals surface area contributed by atoms with E-state index in [1.807, 2.05) is 6.07 Å². The fourth-order valence-electron chi connectivity index (χ4n) is 3.35. The summed E-state index contributed by atoms with van der Waals surface area (Å²) in [6.07, 6.45) is -0.0101. The van der Waals surface area contributed by atoms with Gasteiger partial charge in [0, 0.05) is 24.4 Å². The van der Waals surface area contributed by atoms with Crippen LogP contribution < -0.4 is 10.2 Å². The maximum Gasteiger partial charge on any atom is 0.325 e. The van der Waals surface area contributed by atoms with Crippen LogP contribution in [-0.2, 0) is 15.1 Å². The van der Waals surface area contributed by atoms with E-state index in [-0.39, 0.29) is 18.7 Å². The van der Waals surface area contributed by atoms with Crippen molar-refractivity contribution >= 4 is 29.2 Å². The molecule has 10 nitrogen and oxygen atoms in total. The molecule has 0 spiro atoms. The molecule has 0 saturated carbocycles. The van der Waals surface area contributed by atoms with Crippen LogP contribution in [0.15, 0.2) is 48.5 Å². The molecule has 0 unspecified atom stereocenters. The second-order valence-corrected chi connectivity index (χ2v) is 7.18. The van der Waals surface area contributed by atoms with Crippen molar-refractivity contribution in [2.24, 2.45) is 0 Å². The molecule has 0 radical (unpaired) electrons. The van der Waals surface area contributed by atoms with Crippen molar-refractivity contribution in [1.82, 2.24) is 10.2 Å². The van der Waals surface area contributed by atoms with Crippen LogP contribution >= 0.6 is 0 Å². The Kier molecular flexibility index (Phi) is 6.15. The summed E-state index contributed by atoms with van der Waals surface area (Å²) >= 11 is 0. The smallest absolute Gasteiger partial charge is 0.319 e. The van der Waals surface area contributed by atoms with Crippen LogP contribution in [0.3, 0.4) is 0 Å². The summed E-state index contributed by atoms with van der Waals surface area (Å²) in [5.74, 6) is -1.85. The first kappa shape index (κ1) is 22.4. The number of nitriles is 1. The minimum absolute atomic E-state index is 0.00969. The summed E-state index contributed by atoms with van der Waals surface area (Å²) in [5, 5.41) is 22.3. The largest absolute Gasteiger partial charge is 0.325 e. The van der Waals surface area contributed by atoms with Crippen molar-refractivity contribution in [2.75, 3.05) is 18.0 Å². The molecule has 1 fully saturated rings. The van der Waals surface area contributed by atoms with Crippen molar-refractivity contribution in [3.8, 4) is 6.07 Å². The van der Waals surface area contributed by atoms with E-state index >= 15 is 0 Å². The standard InChI is InChI=1S/C21H18FN5O5/c1-21(14-3-7-17(8-4-14)27(31)32)19(29)26(20(30)24-21)13-18(28)25(12-2-11-23)16-9-5-15(22)6-10-16/h3-10H,2,12-13H2,1H3,(H,24,30)/t21-/m0/s1. The molecule has 2 aromatic rings. The highest BCUT2D eigenvalue weighted by Crippen LogP contribution is 2.30. The molecule has 1 heterocycles. The van der Waals surface area contributed by atoms with Gasteiger partial charge in [-0.1, -0.05) is 0 Å². The molecular formula is C21H18FN5O5. The zero-order valence-corrected chi connectivity index (χ0v) is 16.9. The Balaban J connectivity index is 1.82. The summed E-state index contributed by atoms with van der Waals surface area (Å²) in [6, 6.07) is 11.3. The number of nitro benzene ring substituents is 1. The molecule has 32 heavy (non-hydrogen) atoms. The Morgan fingerprint density at radius 1 is 1.22 bits per heavy atom. The van der Waals surface area contributed by atoms with E-state index in [1.54, 1.807) is 0 Å². The lowest BCUT2D eigenvalue weighted by Gasteiger charge is -2.25. The topological polar surface area (TPSA) is 137 Å². The zero-order chi connectivity index (χ0) is 23.5. The number of anilines is 1. The predicted octanol–water partition coefficient (Wildman–Crippen LogP) is 2.45. The number of urea groups is 1. The number of nitrogens with one attached hydrogen (secondary N) is 1. The fourth-order valence-corrected chi connectivity index (χ4v) is 3.35. The quantitative estimate of drug-likeness (QED) is 0.400. The molecule has 1 aliphatic rings. The number of hydrogen-bond donors (Lipinski definition) is 1. The van der Waals surface area contributed by atoms with Gasteiger partial charge < -0.3 is 10.2 Å². The van der Waals surface area contributed by atoms with Crippen LogP contribution in [0.5, 0.6) is 0 Å². The number of non-ortho nitro benzene ring substituents is 1. The summed E-state index contributed by atoms with van der Waals surface area (Å²) < 4.78 is 13.3. The Hall–Kier alpha value is -4.33. The number of halogens is 1. The van der Waals surface area contributed by atoms with Gasteiger partial charge in [0.05, 0.1) is 17.4 Å². The Morgan fingerprint density at radius 2 is 1.84 bits per heavy atom. The highest BCUT2D eigenvalue weighted by molar-refractivity contribution is 6.10. The van der Waals surface area contributed by atoms with E-state index in [4.69, 9.17) is 5.26 Å². The maximum absolute atomic E-state index is 13.3. The van der Waals surface area contributed by atoms with Gasteiger partial charge in [0.25, 0.3) is 11.6 Å². The van der Waals surface area contributed by atoms with Crippen molar-refractivity contribution in [1.29, 1.82) is 5.26 Å². The molecule has 0 bridgehead atoms. The van der Waals surface area contributed by atoms with E-state index < -0.39 is 40.7 Å². The number of carbonyl (C=O) groups excluding carboxylic acids is 3. The molecule has 2 aromatic carbocycles. The first-order chi connectivity index (χ1) is 15.2. The molecule has 1 atom stereocenters. The van der Waals surface area contributed by atoms with Gasteiger partial charge in [-0.2, -0.15) is 5.26 Å². The number of rotatable bonds is 7. The SMILES string of the molecule is C[C@@]1(c2ccc([N+](=O)[O-])cc2)NC(=O)N(CC(=O)N(CCC#N)c2ccc(F)cc2)C1=O. The van der Waals surface area contributed by atoms with Gasteiger partial charge in [-0.3, -0.25) is 24.6 Å². The van der Waals surface area contributed by atoms with Crippen molar-refractivity contribution < 1.29 is 23.7 Å². The second kappa shape index (κ2) is 8.81. The maximum atomic E-state index is 13.3. The number of benzene rings is 2. The van der Waals surface area contributed by atoms with E-state index in [2.05, 4.69) is 5.32 Å². The number of amides is 4. The summed E-state index contributed by atoms with van der Waals surface area (Å²) in [7, 11) is 0. The Morgan fingerprint density at radius 3 is 2.41 bits per heavy atom. The third-order valence-electron chi connectivity index (χ3n) is 5.11. The van der Waals surface area contributed by atoms with Crippen LogP contribution in [0.4, 0.5) is 20.6 Å². The molecular weight excluding hydrogens is 421 g/mol. The number of carbonyl (C=O) groups is 3. The van der Waals surface area contributed by atoms with Crippen molar-refractivity contribution in [3.63, 3.8) is 0 Å². The van der Waals surface area contributed by atoms with Gasteiger partial charge in [0.15, 0.2) is 0 Å². The van der Waals surface area contributed by atoms with E-state index in [9.17, 15) is 28.9 Å². The van der Waals surface area contributed by atoms with Crippen LogP contribution in [0, 0.1) is 27.3 Å². The number of imide groups is 1. The van der Waals surface area contributed by atoms with Crippen LogP contribution in [-0.4, -0.2) is 40.8 Å². The average molecular weight is 439 g/mol. The lowest BCUT2D eigenvalue weighted by Crippen LogP contribution is -2.45. The van der Waals surface area contributed by atoms with Gasteiger partial charge in [-0.15, -0.1) is 0 Å². The van der Waals surface area contributed by atoms with Crippen LogP contribution in [0.1, 0.15) is 18.9 Å². The van der Waals surface area contributed by atoms with E-state index in [0.717, 1.165) is 17.0 Å². The predicted molar refractivity (Wildman–Crippen MR) is 110 cm³/mol. The molecule has 164 valence electrons. The minimum Gasteiger partial charge on any atom is -0.319 e. The van der Waals surface area contributed by atoms with Crippen LogP contribution in [0.2, 0.25) is 0 Å². The lowest BCUT2D eigenvalue weighted by molar-refractivity contribution is -0.384. The van der Waals surface area contributed by atoms with Crippen molar-refractivity contribution in [3.05, 3.63) is 70.0 Å². The summed E-state index contributed by atoms with van der Waals surface area (Å²) in [6.45, 7) is 0.826. The molecule has 0 aromatic heterocycles. The third-order valence-corrected chi connectivity index (χ3v) is 5.11. The molecule has 1 aliphatic heterocycles. The fraction of sp³-hybridized carbons (Fsp3) is 0.238. The second-order valence-electron chi connectivity index (χ2n) is 7.18. The third kappa shape index (κ3) is 4.24. The summed E-state index contributed by atoms with van der Waals surface area (Å²) in [5.41, 5.74) is -1.05. The van der Waals surface area contributed by atoms with E-state index in [1.165, 1.54) is 48.2 Å². The lowest BCUT2D eigenvalue weighted by atomic mass is 9.92. The van der Waals surface area contributed by atoms with Gasteiger partial charge in [0.2, 0.25) is 5.91 Å². The first-order valence-corrected chi connectivity index (χ1v) is 9.49. The van der Waals surface area contributed by atoms with Gasteiger partial charge in [0.1, 0.15) is 17.9 Å². The normalized spacial score (nSPS) is 17.6. The molecule has 0 aliphatic carbocycles. The van der Waals surface area contributed by atoms with Crippen LogP contribution in [0.25, 0.3) is 0 Å². The molecule has 1 saturated heterocycles. The molecule has 4 amide bonds. The Bertz CT molecular complexity index is 1110. The number of hydrogen-bond acceptors (Lipinski definition) is 6. The van der Waals surface area contributed by atoms with Gasteiger partial charge >= 0.3 is 6.03 Å². The van der Waals surface area contributed by atoms with Crippen molar-refractivity contribution in [2.45, 2.75) is 18.9 Å². The highest BCUT2D eigenvalue weighted by Gasteiger charge is 2.49. The van der Waals surface area contributed by atoms with Gasteiger partial charge in [-0.05, 0) is 48.9 Å². The highest BCUT2D eigenvalue weighted by atomic mass is 19.1. The number of nitrogens with zero attached hydrogens (tertiary/aromatic N) is 4. The molecule has 11 heteroatoms. The number of nitro groups is 1. The zero-order valence-electron chi connectivity index (χ0n) is 16.9. The first-order valence-electron chi connectivity index (χ1n) is 9.49. The minimum atomic E-state index is -1.51. The van der Waals surface area contributed by atoms with Gasteiger partial charge in [-0.25, -0.2) is 9.18 Å².